The Balaban J connectivity index is 1.76. The van der Waals surface area contributed by atoms with Gasteiger partial charge < -0.3 is 9.84 Å². The van der Waals surface area contributed by atoms with Crippen LogP contribution in [0.25, 0.3) is 0 Å². The first-order chi connectivity index (χ1) is 9.16. The van der Waals surface area contributed by atoms with Crippen molar-refractivity contribution in [3.05, 3.63) is 47.4 Å². The summed E-state index contributed by atoms with van der Waals surface area (Å²) in [5.74, 6) is 1.10. The summed E-state index contributed by atoms with van der Waals surface area (Å²) < 4.78 is 18.2. The molecule has 3 rings (SSSR count). The highest BCUT2D eigenvalue weighted by Gasteiger charge is 2.36. The van der Waals surface area contributed by atoms with Crippen molar-refractivity contribution in [2.75, 3.05) is 13.1 Å². The van der Waals surface area contributed by atoms with Crippen LogP contribution in [-0.2, 0) is 11.8 Å². The molecule has 1 aliphatic rings. The molecule has 100 valence electrons. The molecule has 2 aromatic rings. The van der Waals surface area contributed by atoms with Gasteiger partial charge in [0.1, 0.15) is 5.82 Å². The molecule has 0 aliphatic carbocycles. The van der Waals surface area contributed by atoms with Gasteiger partial charge in [0.2, 0.25) is 5.89 Å². The van der Waals surface area contributed by atoms with Crippen LogP contribution in [0.5, 0.6) is 0 Å². The van der Waals surface area contributed by atoms with E-state index in [1.54, 1.807) is 12.1 Å². The fourth-order valence-corrected chi connectivity index (χ4v) is 2.36. The zero-order valence-corrected chi connectivity index (χ0v) is 10.8. The Morgan fingerprint density at radius 1 is 1.37 bits per heavy atom. The van der Waals surface area contributed by atoms with Gasteiger partial charge in [-0.15, -0.1) is 0 Å². The highest BCUT2D eigenvalue weighted by atomic mass is 19.1. The lowest BCUT2D eigenvalue weighted by molar-refractivity contribution is 0.304. The van der Waals surface area contributed by atoms with Crippen molar-refractivity contribution in [3.8, 4) is 0 Å². The molecule has 1 fully saturated rings. The first-order valence-electron chi connectivity index (χ1n) is 6.44. The topological polar surface area (TPSA) is 51.0 Å². The van der Waals surface area contributed by atoms with E-state index in [0.717, 1.165) is 25.1 Å². The number of benzene rings is 1. The highest BCUT2D eigenvalue weighted by molar-refractivity contribution is 5.20. The van der Waals surface area contributed by atoms with E-state index in [0.29, 0.717) is 18.1 Å². The van der Waals surface area contributed by atoms with Crippen LogP contribution in [0.4, 0.5) is 4.39 Å². The lowest BCUT2D eigenvalue weighted by Gasteiger charge is -2.15. The molecule has 0 radical (unpaired) electrons. The lowest BCUT2D eigenvalue weighted by atomic mass is 9.90. The molecule has 0 amide bonds. The highest BCUT2D eigenvalue weighted by Crippen LogP contribution is 2.28. The molecule has 0 saturated carbocycles. The molecule has 0 bridgehead atoms. The van der Waals surface area contributed by atoms with Gasteiger partial charge in [0.25, 0.3) is 0 Å². The normalized spacial score (nSPS) is 22.8. The van der Waals surface area contributed by atoms with Gasteiger partial charge in [0.15, 0.2) is 5.82 Å². The molecular weight excluding hydrogens is 245 g/mol. The lowest BCUT2D eigenvalue weighted by Crippen LogP contribution is -2.25. The number of halogens is 1. The molecule has 1 N–H and O–H groups in total. The second-order valence-corrected chi connectivity index (χ2v) is 5.31. The number of hydrogen-bond donors (Lipinski definition) is 1. The second-order valence-electron chi connectivity index (χ2n) is 5.31. The van der Waals surface area contributed by atoms with Crippen molar-refractivity contribution in [1.82, 2.24) is 15.5 Å². The maximum absolute atomic E-state index is 12.8. The molecule has 1 atom stereocenters. The van der Waals surface area contributed by atoms with E-state index in [4.69, 9.17) is 4.52 Å². The van der Waals surface area contributed by atoms with Gasteiger partial charge in [-0.25, -0.2) is 4.39 Å². The molecule has 2 heterocycles. The molecule has 1 aromatic heterocycles. The monoisotopic (exact) mass is 261 g/mol. The largest absolute Gasteiger partial charge is 0.339 e. The molecule has 4 nitrogen and oxygen atoms in total. The fourth-order valence-electron chi connectivity index (χ4n) is 2.36. The van der Waals surface area contributed by atoms with Crippen molar-refractivity contribution < 1.29 is 8.91 Å². The summed E-state index contributed by atoms with van der Waals surface area (Å²) in [6, 6.07) is 6.37. The van der Waals surface area contributed by atoms with Gasteiger partial charge in [-0.1, -0.05) is 17.3 Å². The predicted molar refractivity (Wildman–Crippen MR) is 68.3 cm³/mol. The first kappa shape index (κ1) is 12.3. The average molecular weight is 261 g/mol. The van der Waals surface area contributed by atoms with E-state index in [1.165, 1.54) is 12.1 Å². The fraction of sp³-hybridized carbons (Fsp3) is 0.429. The minimum absolute atomic E-state index is 0.0615. The van der Waals surface area contributed by atoms with Crippen molar-refractivity contribution in [1.29, 1.82) is 0 Å². The van der Waals surface area contributed by atoms with Gasteiger partial charge in [0.05, 0.1) is 5.41 Å². The first-order valence-corrected chi connectivity index (χ1v) is 6.44. The van der Waals surface area contributed by atoms with Gasteiger partial charge in [-0.3, -0.25) is 0 Å². The van der Waals surface area contributed by atoms with Gasteiger partial charge >= 0.3 is 0 Å². The van der Waals surface area contributed by atoms with Crippen molar-refractivity contribution >= 4 is 0 Å². The minimum Gasteiger partial charge on any atom is -0.339 e. The summed E-state index contributed by atoms with van der Waals surface area (Å²) in [7, 11) is 0. The smallest absolute Gasteiger partial charge is 0.233 e. The van der Waals surface area contributed by atoms with E-state index < -0.39 is 0 Å². The molecule has 1 saturated heterocycles. The zero-order valence-electron chi connectivity index (χ0n) is 10.8. The molecule has 0 spiro atoms. The Morgan fingerprint density at radius 3 is 2.84 bits per heavy atom. The van der Waals surface area contributed by atoms with E-state index in [2.05, 4.69) is 22.4 Å². The third-order valence-electron chi connectivity index (χ3n) is 3.63. The van der Waals surface area contributed by atoms with Gasteiger partial charge in [-0.2, -0.15) is 4.98 Å². The summed E-state index contributed by atoms with van der Waals surface area (Å²) in [5.41, 5.74) is 0.914. The Bertz CT molecular complexity index is 558. The summed E-state index contributed by atoms with van der Waals surface area (Å²) >= 11 is 0. The van der Waals surface area contributed by atoms with Crippen molar-refractivity contribution in [2.45, 2.75) is 25.2 Å². The second kappa shape index (κ2) is 4.74. The van der Waals surface area contributed by atoms with Crippen LogP contribution in [-0.4, -0.2) is 23.2 Å². The molecule has 1 aromatic carbocycles. The maximum Gasteiger partial charge on any atom is 0.233 e. The Labute approximate surface area is 111 Å². The average Bonchev–Trinajstić information content (AvgIpc) is 3.02. The standard InChI is InChI=1S/C14H16FN3O/c1-14(6-7-16-9-14)13-17-12(18-19-13)8-10-2-4-11(15)5-3-10/h2-5,16H,6-9H2,1H3. The van der Waals surface area contributed by atoms with E-state index in [9.17, 15) is 4.39 Å². The summed E-state index contributed by atoms with van der Waals surface area (Å²) in [5, 5.41) is 7.32. The minimum atomic E-state index is -0.234. The summed E-state index contributed by atoms with van der Waals surface area (Å²) in [6.07, 6.45) is 1.57. The number of rotatable bonds is 3. The van der Waals surface area contributed by atoms with Crippen LogP contribution in [0, 0.1) is 5.82 Å². The Hall–Kier alpha value is -1.75. The molecule has 19 heavy (non-hydrogen) atoms. The van der Waals surface area contributed by atoms with Crippen LogP contribution in [0.2, 0.25) is 0 Å². The van der Waals surface area contributed by atoms with Crippen molar-refractivity contribution in [2.24, 2.45) is 0 Å². The number of nitrogens with zero attached hydrogens (tertiary/aromatic N) is 2. The maximum atomic E-state index is 12.8. The summed E-state index contributed by atoms with van der Waals surface area (Å²) in [4.78, 5) is 4.47. The SMILES string of the molecule is CC1(c2nc(Cc3ccc(F)cc3)no2)CCNC1. The Kier molecular flexibility index (Phi) is 3.06. The molecule has 1 aliphatic heterocycles. The number of hydrogen-bond acceptors (Lipinski definition) is 4. The van der Waals surface area contributed by atoms with Crippen LogP contribution in [0.3, 0.4) is 0 Å². The predicted octanol–water partition coefficient (Wildman–Crippen LogP) is 2.05. The van der Waals surface area contributed by atoms with Crippen LogP contribution in [0.1, 0.15) is 30.6 Å². The van der Waals surface area contributed by atoms with Crippen LogP contribution >= 0.6 is 0 Å². The Morgan fingerprint density at radius 2 is 2.16 bits per heavy atom. The van der Waals surface area contributed by atoms with Crippen molar-refractivity contribution in [3.63, 3.8) is 0 Å². The quantitative estimate of drug-likeness (QED) is 0.918. The molecule has 5 heteroatoms. The van der Waals surface area contributed by atoms with Crippen LogP contribution < -0.4 is 5.32 Å². The third kappa shape index (κ3) is 2.51. The van der Waals surface area contributed by atoms with E-state index in [-0.39, 0.29) is 11.2 Å². The molecule has 1 unspecified atom stereocenters. The third-order valence-corrected chi connectivity index (χ3v) is 3.63. The van der Waals surface area contributed by atoms with Gasteiger partial charge in [-0.05, 0) is 37.6 Å². The number of nitrogens with one attached hydrogen (secondary N) is 1. The van der Waals surface area contributed by atoms with E-state index >= 15 is 0 Å². The van der Waals surface area contributed by atoms with Crippen LogP contribution in [0.15, 0.2) is 28.8 Å². The zero-order chi connectivity index (χ0) is 13.3. The molecular formula is C14H16FN3O. The summed E-state index contributed by atoms with van der Waals surface area (Å²) in [6.45, 7) is 3.97. The number of aromatic nitrogens is 2. The van der Waals surface area contributed by atoms with Gasteiger partial charge in [0, 0.05) is 13.0 Å². The van der Waals surface area contributed by atoms with E-state index in [1.807, 2.05) is 0 Å².